The molecule has 0 fully saturated rings. The van der Waals surface area contributed by atoms with Gasteiger partial charge in [0.05, 0.1) is 4.90 Å². The summed E-state index contributed by atoms with van der Waals surface area (Å²) in [4.78, 5) is 0.133. The summed E-state index contributed by atoms with van der Waals surface area (Å²) in [5, 5.41) is 5.15. The summed E-state index contributed by atoms with van der Waals surface area (Å²) >= 11 is 0. The van der Waals surface area contributed by atoms with Crippen molar-refractivity contribution in [1.29, 1.82) is 0 Å². The third-order valence-electron chi connectivity index (χ3n) is 3.78. The Labute approximate surface area is 130 Å². The van der Waals surface area contributed by atoms with Gasteiger partial charge in [0.2, 0.25) is 10.0 Å². The highest BCUT2D eigenvalue weighted by atomic mass is 32.2. The van der Waals surface area contributed by atoms with E-state index in [0.29, 0.717) is 0 Å². The zero-order valence-electron chi connectivity index (χ0n) is 12.1. The fourth-order valence-electron chi connectivity index (χ4n) is 2.67. The Hall–Kier alpha value is -2.17. The van der Waals surface area contributed by atoms with Crippen LogP contribution in [0.25, 0.3) is 16.7 Å². The van der Waals surface area contributed by atoms with Crippen molar-refractivity contribution in [3.8, 4) is 11.1 Å². The fraction of sp³-hybridized carbons (Fsp3) is 0.111. The maximum absolute atomic E-state index is 11.4. The van der Waals surface area contributed by atoms with Crippen molar-refractivity contribution >= 4 is 15.6 Å². The van der Waals surface area contributed by atoms with Gasteiger partial charge < -0.3 is 0 Å². The topological polar surface area (TPSA) is 60.2 Å². The van der Waals surface area contributed by atoms with Crippen molar-refractivity contribution in [3.05, 3.63) is 72.3 Å². The second-order valence-corrected chi connectivity index (χ2v) is 6.84. The molecule has 0 aromatic heterocycles. The Balaban J connectivity index is 2.06. The van der Waals surface area contributed by atoms with Crippen molar-refractivity contribution in [2.45, 2.75) is 17.7 Å². The van der Waals surface area contributed by atoms with Gasteiger partial charge in [-0.25, -0.2) is 13.6 Å². The molecule has 0 spiro atoms. The van der Waals surface area contributed by atoms with Crippen LogP contribution in [-0.2, 0) is 10.0 Å². The van der Waals surface area contributed by atoms with E-state index in [4.69, 9.17) is 5.14 Å². The number of hydrogen-bond acceptors (Lipinski definition) is 2. The summed E-state index contributed by atoms with van der Waals surface area (Å²) in [5.74, 6) is 0. The normalized spacial score (nSPS) is 14.7. The Bertz CT molecular complexity index is 847. The summed E-state index contributed by atoms with van der Waals surface area (Å²) < 4.78 is 22.7. The summed E-state index contributed by atoms with van der Waals surface area (Å²) in [6.07, 6.45) is 8.45. The zero-order chi connectivity index (χ0) is 15.6. The van der Waals surface area contributed by atoms with Gasteiger partial charge in [-0.1, -0.05) is 54.6 Å². The first-order valence-corrected chi connectivity index (χ1v) is 8.69. The molecule has 3 rings (SSSR count). The first-order valence-electron chi connectivity index (χ1n) is 7.14. The van der Waals surface area contributed by atoms with Gasteiger partial charge in [0, 0.05) is 0 Å². The minimum absolute atomic E-state index is 0.133. The van der Waals surface area contributed by atoms with Crippen LogP contribution in [0, 0.1) is 0 Å². The minimum atomic E-state index is -3.65. The number of primary sulfonamides is 1. The first-order chi connectivity index (χ1) is 10.6. The molecule has 112 valence electrons. The summed E-state index contributed by atoms with van der Waals surface area (Å²) in [6, 6.07) is 14.9. The molecule has 22 heavy (non-hydrogen) atoms. The zero-order valence-corrected chi connectivity index (χ0v) is 12.9. The van der Waals surface area contributed by atoms with E-state index in [2.05, 4.69) is 30.4 Å². The lowest BCUT2D eigenvalue weighted by molar-refractivity contribution is 0.598. The SMILES string of the molecule is NS(=O)(=O)c1ccc(-c2ccccc2C2=CC=CCC2)cc1. The second-order valence-electron chi connectivity index (χ2n) is 5.27. The van der Waals surface area contributed by atoms with Crippen molar-refractivity contribution < 1.29 is 8.42 Å². The molecule has 3 nitrogen and oxygen atoms in total. The third-order valence-corrected chi connectivity index (χ3v) is 4.71. The van der Waals surface area contributed by atoms with Crippen LogP contribution >= 0.6 is 0 Å². The number of nitrogens with two attached hydrogens (primary N) is 1. The van der Waals surface area contributed by atoms with E-state index in [9.17, 15) is 8.42 Å². The lowest BCUT2D eigenvalue weighted by atomic mass is 9.90. The molecule has 0 atom stereocenters. The highest BCUT2D eigenvalue weighted by Gasteiger charge is 2.12. The molecule has 0 amide bonds. The standard InChI is InChI=1S/C18H17NO2S/c19-22(20,21)16-12-10-15(11-13-16)18-9-5-4-8-17(18)14-6-2-1-3-7-14/h1-2,4-6,8-13H,3,7H2,(H2,19,20,21). The number of allylic oxidation sites excluding steroid dienone is 4. The van der Waals surface area contributed by atoms with Crippen molar-refractivity contribution in [1.82, 2.24) is 0 Å². The molecule has 0 aliphatic heterocycles. The number of rotatable bonds is 3. The van der Waals surface area contributed by atoms with E-state index in [-0.39, 0.29) is 4.90 Å². The summed E-state index contributed by atoms with van der Waals surface area (Å²) in [7, 11) is -3.65. The van der Waals surface area contributed by atoms with Crippen LogP contribution in [0.3, 0.4) is 0 Å². The van der Waals surface area contributed by atoms with Gasteiger partial charge in [-0.05, 0) is 47.2 Å². The Kier molecular flexibility index (Phi) is 3.96. The average molecular weight is 311 g/mol. The maximum Gasteiger partial charge on any atom is 0.238 e. The van der Waals surface area contributed by atoms with Gasteiger partial charge in [0.1, 0.15) is 0 Å². The average Bonchev–Trinajstić information content (AvgIpc) is 2.55. The molecule has 2 aromatic carbocycles. The fourth-order valence-corrected chi connectivity index (χ4v) is 3.18. The van der Waals surface area contributed by atoms with Crippen LogP contribution in [0.4, 0.5) is 0 Å². The van der Waals surface area contributed by atoms with Gasteiger partial charge in [-0.3, -0.25) is 0 Å². The lowest BCUT2D eigenvalue weighted by Crippen LogP contribution is -2.11. The van der Waals surface area contributed by atoms with Crippen molar-refractivity contribution in [3.63, 3.8) is 0 Å². The molecule has 0 saturated heterocycles. The Morgan fingerprint density at radius 3 is 2.18 bits per heavy atom. The van der Waals surface area contributed by atoms with Crippen molar-refractivity contribution in [2.75, 3.05) is 0 Å². The van der Waals surface area contributed by atoms with Gasteiger partial charge >= 0.3 is 0 Å². The maximum atomic E-state index is 11.4. The molecule has 1 aliphatic rings. The molecular formula is C18H17NO2S. The largest absolute Gasteiger partial charge is 0.238 e. The monoisotopic (exact) mass is 311 g/mol. The van der Waals surface area contributed by atoms with Crippen LogP contribution in [0.5, 0.6) is 0 Å². The predicted molar refractivity (Wildman–Crippen MR) is 89.6 cm³/mol. The second kappa shape index (κ2) is 5.91. The van der Waals surface area contributed by atoms with Gasteiger partial charge in [0.15, 0.2) is 0 Å². The molecule has 0 unspecified atom stereocenters. The molecule has 2 N–H and O–H groups in total. The highest BCUT2D eigenvalue weighted by molar-refractivity contribution is 7.89. The number of benzene rings is 2. The van der Waals surface area contributed by atoms with E-state index in [1.165, 1.54) is 11.1 Å². The van der Waals surface area contributed by atoms with Crippen LogP contribution < -0.4 is 5.14 Å². The predicted octanol–water partition coefficient (Wildman–Crippen LogP) is 3.73. The highest BCUT2D eigenvalue weighted by Crippen LogP contribution is 2.32. The smallest absolute Gasteiger partial charge is 0.225 e. The lowest BCUT2D eigenvalue weighted by Gasteiger charge is -2.14. The van der Waals surface area contributed by atoms with E-state index < -0.39 is 10.0 Å². The van der Waals surface area contributed by atoms with E-state index in [1.54, 1.807) is 24.3 Å². The van der Waals surface area contributed by atoms with E-state index in [1.807, 2.05) is 12.1 Å². The van der Waals surface area contributed by atoms with Crippen LogP contribution in [0.1, 0.15) is 18.4 Å². The number of sulfonamides is 1. The van der Waals surface area contributed by atoms with Crippen molar-refractivity contribution in [2.24, 2.45) is 5.14 Å². The van der Waals surface area contributed by atoms with Crippen LogP contribution in [0.15, 0.2) is 71.7 Å². The number of hydrogen-bond donors (Lipinski definition) is 1. The van der Waals surface area contributed by atoms with Crippen LogP contribution in [0.2, 0.25) is 0 Å². The van der Waals surface area contributed by atoms with E-state index in [0.717, 1.165) is 24.0 Å². The first kappa shape index (κ1) is 14.8. The third kappa shape index (κ3) is 3.03. The molecule has 2 aromatic rings. The molecular weight excluding hydrogens is 294 g/mol. The van der Waals surface area contributed by atoms with Gasteiger partial charge in [0.25, 0.3) is 0 Å². The minimum Gasteiger partial charge on any atom is -0.225 e. The molecule has 0 bridgehead atoms. The quantitative estimate of drug-likeness (QED) is 0.938. The Morgan fingerprint density at radius 2 is 1.59 bits per heavy atom. The summed E-state index contributed by atoms with van der Waals surface area (Å²) in [5.41, 5.74) is 4.58. The van der Waals surface area contributed by atoms with Crippen LogP contribution in [-0.4, -0.2) is 8.42 Å². The summed E-state index contributed by atoms with van der Waals surface area (Å²) in [6.45, 7) is 0. The van der Waals surface area contributed by atoms with Gasteiger partial charge in [-0.15, -0.1) is 0 Å². The molecule has 0 radical (unpaired) electrons. The molecule has 4 heteroatoms. The van der Waals surface area contributed by atoms with Gasteiger partial charge in [-0.2, -0.15) is 0 Å². The Morgan fingerprint density at radius 1 is 0.909 bits per heavy atom. The molecule has 0 saturated carbocycles. The molecule has 1 aliphatic carbocycles. The molecule has 0 heterocycles. The van der Waals surface area contributed by atoms with E-state index >= 15 is 0 Å².